The quantitative estimate of drug-likeness (QED) is 0.178. The van der Waals surface area contributed by atoms with Crippen molar-refractivity contribution in [3.05, 3.63) is 151 Å². The largest absolute Gasteiger partial charge is 0.508 e. The number of aromatic nitrogens is 3. The molecule has 5 aromatic rings. The van der Waals surface area contributed by atoms with Gasteiger partial charge in [0.2, 0.25) is 0 Å². The van der Waals surface area contributed by atoms with Crippen LogP contribution in [0.2, 0.25) is 10.0 Å². The topological polar surface area (TPSA) is 128 Å². The first-order chi connectivity index (χ1) is 24.1. The molecule has 50 heavy (non-hydrogen) atoms. The Morgan fingerprint density at radius 1 is 0.880 bits per heavy atom. The Morgan fingerprint density at radius 3 is 2.28 bits per heavy atom. The summed E-state index contributed by atoms with van der Waals surface area (Å²) in [6.07, 6.45) is 1.91. The van der Waals surface area contributed by atoms with Crippen molar-refractivity contribution in [2.24, 2.45) is 5.92 Å². The molecule has 1 aromatic heterocycles. The molecule has 13 heteroatoms. The van der Waals surface area contributed by atoms with E-state index >= 15 is 4.79 Å². The molecular weight excluding hydrogens is 681 g/mol. The number of rotatable bonds is 6. The predicted molar refractivity (Wildman–Crippen MR) is 187 cm³/mol. The van der Waals surface area contributed by atoms with E-state index < -0.39 is 46.5 Å². The molecule has 2 amide bonds. The lowest BCUT2D eigenvalue weighted by Gasteiger charge is -2.49. The number of ether oxygens (including phenoxy) is 1. The number of amides is 2. The summed E-state index contributed by atoms with van der Waals surface area (Å²) in [7, 11) is 1.54. The summed E-state index contributed by atoms with van der Waals surface area (Å²) in [4.78, 5) is 58.0. The minimum absolute atomic E-state index is 0.0216. The van der Waals surface area contributed by atoms with Gasteiger partial charge < -0.3 is 9.84 Å². The number of nitrogens with zero attached hydrogens (tertiary/aromatic N) is 4. The summed E-state index contributed by atoms with van der Waals surface area (Å²) in [6.45, 7) is 0.0577. The van der Waals surface area contributed by atoms with Crippen molar-refractivity contribution in [2.75, 3.05) is 12.5 Å². The number of carbonyl (C=O) groups excluding carboxylic acids is 2. The number of hydrogen-bond acceptors (Lipinski definition) is 7. The first kappa shape index (κ1) is 31.7. The van der Waals surface area contributed by atoms with Gasteiger partial charge in [0.1, 0.15) is 11.5 Å². The normalized spacial score (nSPS) is 22.4. The summed E-state index contributed by atoms with van der Waals surface area (Å²) < 4.78 is 9.35. The van der Waals surface area contributed by atoms with Crippen molar-refractivity contribution in [3.8, 4) is 17.2 Å². The molecule has 2 N–H and O–H groups in total. The molecule has 4 unspecified atom stereocenters. The van der Waals surface area contributed by atoms with E-state index in [2.05, 4.69) is 5.43 Å². The maximum atomic E-state index is 15.2. The molecule has 4 aromatic carbocycles. The third kappa shape index (κ3) is 4.57. The van der Waals surface area contributed by atoms with Crippen molar-refractivity contribution in [2.45, 2.75) is 30.3 Å². The molecule has 1 aliphatic carbocycles. The smallest absolute Gasteiger partial charge is 0.352 e. The van der Waals surface area contributed by atoms with Crippen LogP contribution < -0.4 is 21.5 Å². The molecule has 2 fully saturated rings. The fraction of sp³-hybridized carbons (Fsp3) is 0.189. The standard InChI is InChI=1S/C37H29Cl2N5O6/c1-50-26-14-9-22(10-15-26)37-28(33(46)43(34(37)47)40-30-16-11-23(38)19-29(30)39)20-31-27(32(37)21-7-12-25(45)13-8-21)17-18-41-35(48)42(36(49)44(31)41)24-5-3-2-4-6-24/h2-17,19,28,31-32,40,45H,18,20H2,1H3. The number of imide groups is 1. The highest BCUT2D eigenvalue weighted by molar-refractivity contribution is 6.36. The minimum atomic E-state index is -1.53. The van der Waals surface area contributed by atoms with Crippen LogP contribution in [0.15, 0.2) is 118 Å². The van der Waals surface area contributed by atoms with E-state index in [1.807, 2.05) is 6.08 Å². The number of hydrazine groups is 1. The molecule has 1 saturated carbocycles. The van der Waals surface area contributed by atoms with Gasteiger partial charge in [-0.1, -0.05) is 71.7 Å². The Kier molecular flexibility index (Phi) is 7.50. The van der Waals surface area contributed by atoms with Gasteiger partial charge in [0.25, 0.3) is 11.8 Å². The first-order valence-electron chi connectivity index (χ1n) is 15.9. The molecule has 252 valence electrons. The van der Waals surface area contributed by atoms with Gasteiger partial charge >= 0.3 is 11.4 Å². The second kappa shape index (κ2) is 11.8. The Labute approximate surface area is 295 Å². The van der Waals surface area contributed by atoms with Gasteiger partial charge in [-0.2, -0.15) is 5.01 Å². The van der Waals surface area contributed by atoms with Gasteiger partial charge in [0.05, 0.1) is 47.4 Å². The van der Waals surface area contributed by atoms with E-state index in [0.717, 1.165) is 9.58 Å². The van der Waals surface area contributed by atoms with Gasteiger partial charge in [-0.15, -0.1) is 0 Å². The number of fused-ring (bicyclic) bond motifs is 4. The lowest BCUT2D eigenvalue weighted by Crippen LogP contribution is -2.53. The van der Waals surface area contributed by atoms with Gasteiger partial charge in [-0.25, -0.2) is 23.5 Å². The zero-order valence-corrected chi connectivity index (χ0v) is 28.0. The summed E-state index contributed by atoms with van der Waals surface area (Å²) in [5, 5.41) is 11.9. The third-order valence-electron chi connectivity index (χ3n) is 10.1. The van der Waals surface area contributed by atoms with Crippen LogP contribution in [0, 0.1) is 5.92 Å². The molecule has 3 heterocycles. The number of hydrogen-bond donors (Lipinski definition) is 2. The van der Waals surface area contributed by atoms with Crippen LogP contribution in [-0.2, 0) is 21.5 Å². The van der Waals surface area contributed by atoms with Gasteiger partial charge in [0.15, 0.2) is 0 Å². The Morgan fingerprint density at radius 2 is 1.60 bits per heavy atom. The van der Waals surface area contributed by atoms with Crippen LogP contribution in [0.25, 0.3) is 5.69 Å². The lowest BCUT2D eigenvalue weighted by molar-refractivity contribution is -0.138. The number of benzene rings is 4. The van der Waals surface area contributed by atoms with Gasteiger partial charge in [0, 0.05) is 10.9 Å². The monoisotopic (exact) mass is 709 g/mol. The number of para-hydroxylation sites is 1. The highest BCUT2D eigenvalue weighted by atomic mass is 35.5. The van der Waals surface area contributed by atoms with Crippen molar-refractivity contribution >= 4 is 40.7 Å². The second-order valence-electron chi connectivity index (χ2n) is 12.5. The minimum Gasteiger partial charge on any atom is -0.508 e. The van der Waals surface area contributed by atoms with Crippen LogP contribution in [-0.4, -0.2) is 43.0 Å². The van der Waals surface area contributed by atoms with Crippen LogP contribution in [0.3, 0.4) is 0 Å². The average molecular weight is 711 g/mol. The van der Waals surface area contributed by atoms with Crippen molar-refractivity contribution in [1.82, 2.24) is 18.9 Å². The average Bonchev–Trinajstić information content (AvgIpc) is 3.51. The molecule has 3 aliphatic rings. The predicted octanol–water partition coefficient (Wildman–Crippen LogP) is 5.44. The molecule has 4 atom stereocenters. The van der Waals surface area contributed by atoms with Crippen molar-refractivity contribution in [1.29, 1.82) is 0 Å². The number of carbonyl (C=O) groups is 2. The number of anilines is 1. The fourth-order valence-electron chi connectivity index (χ4n) is 7.94. The van der Waals surface area contributed by atoms with E-state index in [9.17, 15) is 19.5 Å². The summed E-state index contributed by atoms with van der Waals surface area (Å²) in [6, 6.07) is 26.1. The van der Waals surface area contributed by atoms with E-state index in [0.29, 0.717) is 38.8 Å². The van der Waals surface area contributed by atoms with Crippen LogP contribution in [0.1, 0.15) is 29.5 Å². The fourth-order valence-corrected chi connectivity index (χ4v) is 8.40. The number of phenolic OH excluding ortho intramolecular Hbond substituents is 1. The molecular formula is C37H29Cl2N5O6. The van der Waals surface area contributed by atoms with E-state index in [-0.39, 0.29) is 23.7 Å². The van der Waals surface area contributed by atoms with E-state index in [4.69, 9.17) is 27.9 Å². The number of methoxy groups -OCH3 is 1. The zero-order valence-electron chi connectivity index (χ0n) is 26.5. The molecule has 0 bridgehead atoms. The van der Waals surface area contributed by atoms with E-state index in [1.165, 1.54) is 34.7 Å². The number of phenols is 1. The maximum Gasteiger partial charge on any atom is 0.352 e. The highest BCUT2D eigenvalue weighted by Gasteiger charge is 2.68. The van der Waals surface area contributed by atoms with Crippen molar-refractivity contribution in [3.63, 3.8) is 0 Å². The van der Waals surface area contributed by atoms with Gasteiger partial charge in [-0.05, 0) is 77.7 Å². The van der Waals surface area contributed by atoms with Gasteiger partial charge in [-0.3, -0.25) is 15.0 Å². The zero-order chi connectivity index (χ0) is 34.9. The number of nitrogens with one attached hydrogen (secondary N) is 1. The van der Waals surface area contributed by atoms with Crippen LogP contribution in [0.4, 0.5) is 5.69 Å². The second-order valence-corrected chi connectivity index (χ2v) is 13.4. The molecule has 1 saturated heterocycles. The van der Waals surface area contributed by atoms with Crippen LogP contribution >= 0.6 is 23.2 Å². The molecule has 11 nitrogen and oxygen atoms in total. The molecule has 2 aliphatic heterocycles. The van der Waals surface area contributed by atoms with Crippen LogP contribution in [0.5, 0.6) is 11.5 Å². The Hall–Kier alpha value is -5.52. The molecule has 8 rings (SSSR count). The third-order valence-corrected chi connectivity index (χ3v) is 10.6. The summed E-state index contributed by atoms with van der Waals surface area (Å²) >= 11 is 12.6. The number of allylic oxidation sites excluding steroid dienone is 2. The molecule has 0 radical (unpaired) electrons. The Balaban J connectivity index is 1.37. The highest BCUT2D eigenvalue weighted by Crippen LogP contribution is 2.62. The lowest BCUT2D eigenvalue weighted by atomic mass is 9.53. The number of aromatic hydroxyl groups is 1. The molecule has 0 spiro atoms. The maximum absolute atomic E-state index is 15.2. The SMILES string of the molecule is COc1ccc(C23C(=O)N(Nc4ccc(Cl)cc4Cl)C(=O)C2CC2C(=CCn4c(=O)n(-c5ccccc5)c(=O)n42)C3c2ccc(O)cc2)cc1. The summed E-state index contributed by atoms with van der Waals surface area (Å²) in [5.41, 5.74) is 2.98. The Bertz CT molecular complexity index is 2330. The summed E-state index contributed by atoms with van der Waals surface area (Å²) in [5.74, 6) is -2.30. The number of halogens is 2. The van der Waals surface area contributed by atoms with Crippen molar-refractivity contribution < 1.29 is 19.4 Å². The van der Waals surface area contributed by atoms with E-state index in [1.54, 1.807) is 78.9 Å². The first-order valence-corrected chi connectivity index (χ1v) is 16.6.